The van der Waals surface area contributed by atoms with Gasteiger partial charge in [0.1, 0.15) is 22.7 Å². The molecule has 2 aliphatic heterocycles. The largest absolute Gasteiger partial charge is 0.482 e. The van der Waals surface area contributed by atoms with E-state index < -0.39 is 5.60 Å². The molecule has 0 unspecified atom stereocenters. The van der Waals surface area contributed by atoms with Crippen molar-refractivity contribution in [2.45, 2.75) is 38.7 Å². The quantitative estimate of drug-likeness (QED) is 0.486. The van der Waals surface area contributed by atoms with Crippen LogP contribution in [-0.4, -0.2) is 34.2 Å². The first-order valence-electron chi connectivity index (χ1n) is 11.2. The van der Waals surface area contributed by atoms with E-state index in [1.807, 2.05) is 18.9 Å². The molecule has 1 saturated heterocycles. The number of hydrogen-bond donors (Lipinski definition) is 1. The number of nitriles is 1. The molecular formula is C25H23Cl2N5O2. The summed E-state index contributed by atoms with van der Waals surface area (Å²) in [7, 11) is 0. The van der Waals surface area contributed by atoms with Gasteiger partial charge < -0.3 is 4.74 Å². The lowest BCUT2D eigenvalue weighted by molar-refractivity contribution is 0.0833. The molecule has 7 nitrogen and oxygen atoms in total. The lowest BCUT2D eigenvalue weighted by Gasteiger charge is -2.38. The van der Waals surface area contributed by atoms with Crippen molar-refractivity contribution in [2.24, 2.45) is 0 Å². The number of carbonyl (C=O) groups is 1. The van der Waals surface area contributed by atoms with Crippen LogP contribution in [0, 0.1) is 11.3 Å². The zero-order valence-corrected chi connectivity index (χ0v) is 20.4. The topological polar surface area (TPSA) is 85.2 Å². The van der Waals surface area contributed by atoms with E-state index in [1.165, 1.54) is 0 Å². The number of anilines is 1. The number of nitrogens with one attached hydrogen (secondary N) is 1. The fraction of sp³-hybridized carbons (Fsp3) is 0.320. The predicted molar refractivity (Wildman–Crippen MR) is 131 cm³/mol. The van der Waals surface area contributed by atoms with Crippen molar-refractivity contribution in [3.05, 3.63) is 63.3 Å². The molecule has 2 aliphatic rings. The number of aromatic amines is 1. The number of hydrazine groups is 1. The summed E-state index contributed by atoms with van der Waals surface area (Å²) in [4.78, 5) is 14.1. The van der Waals surface area contributed by atoms with E-state index in [0.717, 1.165) is 37.9 Å². The van der Waals surface area contributed by atoms with Crippen LogP contribution in [0.3, 0.4) is 0 Å². The summed E-state index contributed by atoms with van der Waals surface area (Å²) in [5.74, 6) is 0.296. The Hall–Kier alpha value is -3.05. The van der Waals surface area contributed by atoms with Gasteiger partial charge in [0.05, 0.1) is 27.9 Å². The lowest BCUT2D eigenvalue weighted by Crippen LogP contribution is -2.50. The summed E-state index contributed by atoms with van der Waals surface area (Å²) in [5, 5.41) is 21.3. The minimum Gasteiger partial charge on any atom is -0.482 e. The molecule has 3 aromatic rings. The van der Waals surface area contributed by atoms with Gasteiger partial charge in [-0.3, -0.25) is 9.89 Å². The number of benzene rings is 2. The predicted octanol–water partition coefficient (Wildman–Crippen LogP) is 5.93. The molecule has 1 aromatic heterocycles. The van der Waals surface area contributed by atoms with Crippen LogP contribution in [-0.2, 0) is 5.60 Å². The first-order chi connectivity index (χ1) is 16.3. The number of aromatic nitrogens is 2. The normalized spacial score (nSPS) is 16.7. The van der Waals surface area contributed by atoms with Gasteiger partial charge in [0.25, 0.3) is 5.91 Å². The highest BCUT2D eigenvalue weighted by atomic mass is 35.5. The van der Waals surface area contributed by atoms with Gasteiger partial charge in [0.15, 0.2) is 0 Å². The van der Waals surface area contributed by atoms with E-state index in [-0.39, 0.29) is 5.91 Å². The number of rotatable bonds is 3. The number of H-pyrrole nitrogens is 1. The third-order valence-corrected chi connectivity index (χ3v) is 6.80. The third-order valence-electron chi connectivity index (χ3n) is 6.26. The smallest absolute Gasteiger partial charge is 0.291 e. The van der Waals surface area contributed by atoms with E-state index >= 15 is 0 Å². The molecule has 34 heavy (non-hydrogen) atoms. The number of piperidine rings is 1. The number of halogens is 2. The molecule has 1 amide bonds. The van der Waals surface area contributed by atoms with E-state index in [1.54, 1.807) is 41.4 Å². The molecule has 9 heteroatoms. The van der Waals surface area contributed by atoms with Gasteiger partial charge in [-0.15, -0.1) is 0 Å². The lowest BCUT2D eigenvalue weighted by atomic mass is 9.88. The van der Waals surface area contributed by atoms with Crippen LogP contribution in [0.15, 0.2) is 36.4 Å². The summed E-state index contributed by atoms with van der Waals surface area (Å²) in [6, 6.07) is 12.5. The Morgan fingerprint density at radius 3 is 2.65 bits per heavy atom. The fourth-order valence-corrected chi connectivity index (χ4v) is 5.19. The Labute approximate surface area is 207 Å². The molecule has 0 saturated carbocycles. The van der Waals surface area contributed by atoms with Crippen molar-refractivity contribution in [3.8, 4) is 23.1 Å². The molecule has 0 radical (unpaired) electrons. The highest BCUT2D eigenvalue weighted by Crippen LogP contribution is 2.46. The number of hydrogen-bond acceptors (Lipinski definition) is 5. The minimum atomic E-state index is -0.855. The number of ether oxygens (including phenoxy) is 1. The van der Waals surface area contributed by atoms with Crippen LogP contribution < -0.4 is 9.75 Å². The second-order valence-corrected chi connectivity index (χ2v) is 9.83. The van der Waals surface area contributed by atoms with E-state index in [0.29, 0.717) is 44.0 Å². The Bertz CT molecular complexity index is 1320. The van der Waals surface area contributed by atoms with Gasteiger partial charge >= 0.3 is 0 Å². The van der Waals surface area contributed by atoms with Gasteiger partial charge in [-0.1, -0.05) is 29.6 Å². The van der Waals surface area contributed by atoms with Crippen LogP contribution in [0.25, 0.3) is 11.3 Å². The van der Waals surface area contributed by atoms with Crippen LogP contribution in [0.1, 0.15) is 54.7 Å². The fourth-order valence-electron chi connectivity index (χ4n) is 4.70. The van der Waals surface area contributed by atoms with Crippen molar-refractivity contribution in [1.82, 2.24) is 15.2 Å². The SMILES string of the molecule is CC1(C)Oc2cc(C#N)ccc2-c2n[nH]c(C(=O)N(c3ccc(Cl)cc3Cl)N3CCCCC3)c21. The zero-order chi connectivity index (χ0) is 24.0. The maximum atomic E-state index is 14.1. The molecule has 0 spiro atoms. The summed E-state index contributed by atoms with van der Waals surface area (Å²) in [6.07, 6.45) is 3.09. The Morgan fingerprint density at radius 2 is 1.94 bits per heavy atom. The Morgan fingerprint density at radius 1 is 1.18 bits per heavy atom. The molecule has 5 rings (SSSR count). The Kier molecular flexibility index (Phi) is 5.76. The Balaban J connectivity index is 1.63. The van der Waals surface area contributed by atoms with Gasteiger partial charge in [-0.05, 0) is 63.1 Å². The molecule has 1 N–H and O–H groups in total. The minimum absolute atomic E-state index is 0.270. The van der Waals surface area contributed by atoms with Crippen molar-refractivity contribution in [3.63, 3.8) is 0 Å². The van der Waals surface area contributed by atoms with Crippen molar-refractivity contribution >= 4 is 34.8 Å². The first kappa shape index (κ1) is 22.7. The van der Waals surface area contributed by atoms with Crippen molar-refractivity contribution in [1.29, 1.82) is 5.26 Å². The third kappa shape index (κ3) is 3.82. The van der Waals surface area contributed by atoms with Crippen molar-refractivity contribution < 1.29 is 9.53 Å². The number of fused-ring (bicyclic) bond motifs is 3. The molecule has 174 valence electrons. The standard InChI is InChI=1S/C25H23Cl2N5O2/c1-25(2)21-22(17-8-6-15(14-28)12-20(17)34-25)29-30-23(21)24(33)32(31-10-4-3-5-11-31)19-9-7-16(26)13-18(19)27/h6-9,12-13H,3-5,10-11H2,1-2H3,(H,29,30). The summed E-state index contributed by atoms with van der Waals surface area (Å²) in [6.45, 7) is 5.25. The maximum Gasteiger partial charge on any atom is 0.291 e. The molecule has 0 aliphatic carbocycles. The number of carbonyl (C=O) groups excluding carboxylic acids is 1. The zero-order valence-electron chi connectivity index (χ0n) is 18.9. The highest BCUT2D eigenvalue weighted by molar-refractivity contribution is 6.37. The molecule has 1 fully saturated rings. The molecule has 0 atom stereocenters. The van der Waals surface area contributed by atoms with Gasteiger partial charge in [-0.25, -0.2) is 10.0 Å². The van der Waals surface area contributed by atoms with Gasteiger partial charge in [-0.2, -0.15) is 10.4 Å². The summed E-state index contributed by atoms with van der Waals surface area (Å²) in [5.41, 5.74) is 2.59. The van der Waals surface area contributed by atoms with Crippen LogP contribution in [0.4, 0.5) is 5.69 Å². The summed E-state index contributed by atoms with van der Waals surface area (Å²) >= 11 is 12.7. The second kappa shape index (κ2) is 8.62. The monoisotopic (exact) mass is 495 g/mol. The van der Waals surface area contributed by atoms with E-state index in [4.69, 9.17) is 27.9 Å². The molecule has 2 aromatic carbocycles. The molecule has 3 heterocycles. The first-order valence-corrected chi connectivity index (χ1v) is 11.9. The van der Waals surface area contributed by atoms with E-state index in [9.17, 15) is 10.1 Å². The van der Waals surface area contributed by atoms with Crippen LogP contribution >= 0.6 is 23.2 Å². The molecular weight excluding hydrogens is 473 g/mol. The molecule has 0 bridgehead atoms. The number of nitrogens with zero attached hydrogens (tertiary/aromatic N) is 4. The number of amides is 1. The highest BCUT2D eigenvalue weighted by Gasteiger charge is 2.41. The van der Waals surface area contributed by atoms with Gasteiger partial charge in [0, 0.05) is 23.7 Å². The summed E-state index contributed by atoms with van der Waals surface area (Å²) < 4.78 is 6.27. The second-order valence-electron chi connectivity index (χ2n) is 8.98. The van der Waals surface area contributed by atoms with Crippen LogP contribution in [0.2, 0.25) is 10.0 Å². The van der Waals surface area contributed by atoms with Crippen molar-refractivity contribution in [2.75, 3.05) is 18.1 Å². The average molecular weight is 496 g/mol. The van der Waals surface area contributed by atoms with E-state index in [2.05, 4.69) is 16.3 Å². The average Bonchev–Trinajstić information content (AvgIpc) is 3.27. The maximum absolute atomic E-state index is 14.1. The van der Waals surface area contributed by atoms with Gasteiger partial charge in [0.2, 0.25) is 0 Å². The van der Waals surface area contributed by atoms with Crippen LogP contribution in [0.5, 0.6) is 5.75 Å².